The van der Waals surface area contributed by atoms with E-state index in [1.807, 2.05) is 4.90 Å². The summed E-state index contributed by atoms with van der Waals surface area (Å²) in [5, 5.41) is 2.93. The van der Waals surface area contributed by atoms with Crippen molar-refractivity contribution >= 4 is 35.0 Å². The lowest BCUT2D eigenvalue weighted by atomic mass is 10.2. The van der Waals surface area contributed by atoms with Crippen LogP contribution < -0.4 is 10.2 Å². The van der Waals surface area contributed by atoms with Gasteiger partial charge in [-0.25, -0.2) is 14.8 Å². The van der Waals surface area contributed by atoms with Gasteiger partial charge in [0.25, 0.3) is 5.91 Å². The normalized spacial score (nSPS) is 14.0. The molecule has 1 aliphatic heterocycles. The van der Waals surface area contributed by atoms with E-state index in [9.17, 15) is 9.59 Å². The van der Waals surface area contributed by atoms with Crippen LogP contribution in [0, 0.1) is 0 Å². The number of benzene rings is 1. The molecule has 136 valence electrons. The van der Waals surface area contributed by atoms with Crippen molar-refractivity contribution in [3.63, 3.8) is 0 Å². The Hall–Kier alpha value is -2.71. The maximum absolute atomic E-state index is 12.4. The van der Waals surface area contributed by atoms with Crippen LogP contribution in [-0.4, -0.2) is 55.3 Å². The Kier molecular flexibility index (Phi) is 5.65. The van der Waals surface area contributed by atoms with Crippen LogP contribution >= 0.6 is 11.6 Å². The van der Waals surface area contributed by atoms with E-state index in [0.717, 1.165) is 13.1 Å². The molecule has 1 N–H and O–H groups in total. The van der Waals surface area contributed by atoms with Gasteiger partial charge in [-0.2, -0.15) is 0 Å². The molecule has 8 nitrogen and oxygen atoms in total. The van der Waals surface area contributed by atoms with Gasteiger partial charge in [0.15, 0.2) is 0 Å². The molecule has 2 heterocycles. The second-order valence-corrected chi connectivity index (χ2v) is 5.91. The molecule has 0 bridgehead atoms. The van der Waals surface area contributed by atoms with Crippen molar-refractivity contribution in [2.75, 3.05) is 43.6 Å². The number of aromatic nitrogens is 2. The molecule has 1 saturated heterocycles. The summed E-state index contributed by atoms with van der Waals surface area (Å²) in [6.07, 6.45) is 2.95. The molecule has 2 aromatic rings. The highest BCUT2D eigenvalue weighted by atomic mass is 35.5. The lowest BCUT2D eigenvalue weighted by Gasteiger charge is -2.27. The Morgan fingerprint density at radius 1 is 1.23 bits per heavy atom. The fourth-order valence-electron chi connectivity index (χ4n) is 2.45. The fourth-order valence-corrected chi connectivity index (χ4v) is 2.61. The van der Waals surface area contributed by atoms with Crippen LogP contribution in [0.4, 0.5) is 11.5 Å². The zero-order valence-electron chi connectivity index (χ0n) is 14.1. The summed E-state index contributed by atoms with van der Waals surface area (Å²) < 4.78 is 9.96. The molecule has 1 aliphatic rings. The van der Waals surface area contributed by atoms with Crippen LogP contribution in [0.25, 0.3) is 0 Å². The van der Waals surface area contributed by atoms with Crippen LogP contribution in [0.1, 0.15) is 20.8 Å². The minimum atomic E-state index is -0.521. The van der Waals surface area contributed by atoms with Gasteiger partial charge in [-0.1, -0.05) is 11.6 Å². The van der Waals surface area contributed by atoms with E-state index in [4.69, 9.17) is 16.3 Å². The van der Waals surface area contributed by atoms with E-state index < -0.39 is 11.9 Å². The highest BCUT2D eigenvalue weighted by molar-refractivity contribution is 6.34. The number of carbonyl (C=O) groups excluding carboxylic acids is 2. The molecule has 0 radical (unpaired) electrons. The molecule has 0 aliphatic carbocycles. The summed E-state index contributed by atoms with van der Waals surface area (Å²) in [5.41, 5.74) is 0.709. The van der Waals surface area contributed by atoms with Crippen molar-refractivity contribution < 1.29 is 19.1 Å². The molecule has 1 aromatic heterocycles. The van der Waals surface area contributed by atoms with E-state index in [-0.39, 0.29) is 11.3 Å². The van der Waals surface area contributed by atoms with Gasteiger partial charge in [-0.05, 0) is 18.2 Å². The average molecular weight is 377 g/mol. The number of nitrogens with zero attached hydrogens (tertiary/aromatic N) is 3. The lowest BCUT2D eigenvalue weighted by Crippen LogP contribution is -2.36. The third-order valence-electron chi connectivity index (χ3n) is 3.84. The predicted molar refractivity (Wildman–Crippen MR) is 95.8 cm³/mol. The molecule has 0 spiro atoms. The largest absolute Gasteiger partial charge is 0.465 e. The van der Waals surface area contributed by atoms with Gasteiger partial charge in [0.2, 0.25) is 0 Å². The Labute approximate surface area is 155 Å². The first-order chi connectivity index (χ1) is 12.6. The number of nitrogens with one attached hydrogen (secondary N) is 1. The average Bonchev–Trinajstić information content (AvgIpc) is 2.69. The van der Waals surface area contributed by atoms with Crippen molar-refractivity contribution in [1.82, 2.24) is 9.97 Å². The Morgan fingerprint density at radius 3 is 2.65 bits per heavy atom. The first-order valence-corrected chi connectivity index (χ1v) is 8.30. The Balaban J connectivity index is 1.72. The summed E-state index contributed by atoms with van der Waals surface area (Å²) in [5.74, 6) is -0.308. The third kappa shape index (κ3) is 4.09. The van der Waals surface area contributed by atoms with E-state index in [0.29, 0.717) is 29.7 Å². The zero-order valence-corrected chi connectivity index (χ0v) is 14.8. The van der Waals surface area contributed by atoms with Crippen molar-refractivity contribution in [3.05, 3.63) is 46.9 Å². The Bertz CT molecular complexity index is 807. The number of methoxy groups -OCH3 is 1. The number of morpholine rings is 1. The number of hydrogen-bond acceptors (Lipinski definition) is 7. The summed E-state index contributed by atoms with van der Waals surface area (Å²) in [6, 6.07) is 4.47. The van der Waals surface area contributed by atoms with Crippen molar-refractivity contribution in [2.45, 2.75) is 0 Å². The second-order valence-electron chi connectivity index (χ2n) is 5.50. The Morgan fingerprint density at radius 2 is 2.00 bits per heavy atom. The van der Waals surface area contributed by atoms with Crippen LogP contribution in [0.15, 0.2) is 30.6 Å². The molecular formula is C17H17ClN4O4. The summed E-state index contributed by atoms with van der Waals surface area (Å²) in [4.78, 5) is 34.5. The standard InChI is InChI=1S/C17H17ClN4O4/c1-25-17(24)11-2-3-12(18)13(8-11)21-16(23)14-9-20-15(10-19-14)22-4-6-26-7-5-22/h2-3,8-10H,4-7H2,1H3,(H,21,23). The topological polar surface area (TPSA) is 93.6 Å². The summed E-state index contributed by atoms with van der Waals surface area (Å²) in [6.45, 7) is 2.74. The number of ether oxygens (including phenoxy) is 2. The van der Waals surface area contributed by atoms with Crippen LogP contribution in [0.3, 0.4) is 0 Å². The number of halogens is 1. The van der Waals surface area contributed by atoms with Crippen molar-refractivity contribution in [3.8, 4) is 0 Å². The molecule has 0 saturated carbocycles. The maximum Gasteiger partial charge on any atom is 0.337 e. The van der Waals surface area contributed by atoms with Gasteiger partial charge in [-0.15, -0.1) is 0 Å². The smallest absolute Gasteiger partial charge is 0.337 e. The van der Waals surface area contributed by atoms with Crippen molar-refractivity contribution in [2.24, 2.45) is 0 Å². The van der Waals surface area contributed by atoms with Gasteiger partial charge < -0.3 is 19.7 Å². The molecule has 1 aromatic carbocycles. The molecule has 0 unspecified atom stereocenters. The van der Waals surface area contributed by atoms with Crippen LogP contribution in [0.2, 0.25) is 5.02 Å². The number of amides is 1. The van der Waals surface area contributed by atoms with Crippen molar-refractivity contribution in [1.29, 1.82) is 0 Å². The number of rotatable bonds is 4. The lowest BCUT2D eigenvalue weighted by molar-refractivity contribution is 0.0600. The summed E-state index contributed by atoms with van der Waals surface area (Å²) in [7, 11) is 1.28. The first kappa shape index (κ1) is 18.1. The first-order valence-electron chi connectivity index (χ1n) is 7.92. The monoisotopic (exact) mass is 376 g/mol. The van der Waals surface area contributed by atoms with Gasteiger partial charge in [0.05, 0.1) is 49.0 Å². The zero-order chi connectivity index (χ0) is 18.5. The van der Waals surface area contributed by atoms with Crippen LogP contribution in [0.5, 0.6) is 0 Å². The molecule has 3 rings (SSSR count). The molecule has 0 atom stereocenters. The second kappa shape index (κ2) is 8.11. The van der Waals surface area contributed by atoms with E-state index in [1.54, 1.807) is 6.20 Å². The molecule has 26 heavy (non-hydrogen) atoms. The number of esters is 1. The number of carbonyl (C=O) groups is 2. The predicted octanol–water partition coefficient (Wildman–Crippen LogP) is 2.01. The van der Waals surface area contributed by atoms with E-state index >= 15 is 0 Å². The highest BCUT2D eigenvalue weighted by Crippen LogP contribution is 2.24. The minimum Gasteiger partial charge on any atom is -0.465 e. The van der Waals surface area contributed by atoms with E-state index in [2.05, 4.69) is 20.0 Å². The van der Waals surface area contributed by atoms with Gasteiger partial charge >= 0.3 is 5.97 Å². The molecular weight excluding hydrogens is 360 g/mol. The minimum absolute atomic E-state index is 0.140. The molecule has 1 fully saturated rings. The van der Waals surface area contributed by atoms with Gasteiger partial charge in [0, 0.05) is 13.1 Å². The van der Waals surface area contributed by atoms with Gasteiger partial charge in [0.1, 0.15) is 11.5 Å². The molecule has 9 heteroatoms. The fraction of sp³-hybridized carbons (Fsp3) is 0.294. The number of hydrogen-bond donors (Lipinski definition) is 1. The SMILES string of the molecule is COC(=O)c1ccc(Cl)c(NC(=O)c2cnc(N3CCOCC3)cn2)c1. The van der Waals surface area contributed by atoms with Crippen LogP contribution in [-0.2, 0) is 9.47 Å². The van der Waals surface area contributed by atoms with Gasteiger partial charge in [-0.3, -0.25) is 4.79 Å². The highest BCUT2D eigenvalue weighted by Gasteiger charge is 2.16. The maximum atomic E-state index is 12.4. The molecule has 1 amide bonds. The summed E-state index contributed by atoms with van der Waals surface area (Å²) >= 11 is 6.08. The number of anilines is 2. The third-order valence-corrected chi connectivity index (χ3v) is 4.17. The quantitative estimate of drug-likeness (QED) is 0.815. The van der Waals surface area contributed by atoms with E-state index in [1.165, 1.54) is 31.5 Å².